The average molecular weight is 347 g/mol. The van der Waals surface area contributed by atoms with E-state index in [1.54, 1.807) is 12.3 Å². The molecular formula is C17H19ClN4O2. The number of nitrogens with one attached hydrogen (secondary N) is 2. The third-order valence-corrected chi connectivity index (χ3v) is 4.02. The summed E-state index contributed by atoms with van der Waals surface area (Å²) in [5.74, 6) is 0.192. The van der Waals surface area contributed by atoms with Gasteiger partial charge in [0.15, 0.2) is 0 Å². The molecule has 1 amide bonds. The van der Waals surface area contributed by atoms with Gasteiger partial charge in [0, 0.05) is 30.9 Å². The first-order valence-electron chi connectivity index (χ1n) is 7.92. The van der Waals surface area contributed by atoms with Crippen molar-refractivity contribution in [1.29, 1.82) is 0 Å². The molecule has 1 aliphatic heterocycles. The predicted molar refractivity (Wildman–Crippen MR) is 92.1 cm³/mol. The van der Waals surface area contributed by atoms with Gasteiger partial charge in [-0.1, -0.05) is 23.7 Å². The molecule has 6 nitrogen and oxygen atoms in total. The zero-order valence-electron chi connectivity index (χ0n) is 13.2. The number of rotatable bonds is 6. The molecule has 1 aromatic carbocycles. The van der Waals surface area contributed by atoms with Crippen LogP contribution < -0.4 is 10.6 Å². The maximum absolute atomic E-state index is 12.2. The van der Waals surface area contributed by atoms with Gasteiger partial charge in [-0.25, -0.2) is 9.97 Å². The van der Waals surface area contributed by atoms with Crippen molar-refractivity contribution in [3.8, 4) is 0 Å². The van der Waals surface area contributed by atoms with E-state index < -0.39 is 0 Å². The molecule has 1 saturated heterocycles. The highest BCUT2D eigenvalue weighted by Crippen LogP contribution is 2.12. The summed E-state index contributed by atoms with van der Waals surface area (Å²) >= 11 is 5.86. The lowest BCUT2D eigenvalue weighted by Gasteiger charge is -2.11. The van der Waals surface area contributed by atoms with E-state index in [0.717, 1.165) is 25.0 Å². The van der Waals surface area contributed by atoms with E-state index in [0.29, 0.717) is 29.8 Å². The van der Waals surface area contributed by atoms with Crippen molar-refractivity contribution in [2.75, 3.05) is 18.5 Å². The highest BCUT2D eigenvalue weighted by atomic mass is 35.5. The third kappa shape index (κ3) is 4.66. The number of benzene rings is 1. The summed E-state index contributed by atoms with van der Waals surface area (Å²) in [5.41, 5.74) is 1.39. The molecule has 0 bridgehead atoms. The highest BCUT2D eigenvalue weighted by molar-refractivity contribution is 6.30. The molecule has 0 aliphatic carbocycles. The van der Waals surface area contributed by atoms with Gasteiger partial charge in [-0.3, -0.25) is 4.79 Å². The number of hydrogen-bond acceptors (Lipinski definition) is 5. The summed E-state index contributed by atoms with van der Waals surface area (Å²) in [7, 11) is 0. The van der Waals surface area contributed by atoms with Gasteiger partial charge in [-0.15, -0.1) is 0 Å². The molecule has 2 N–H and O–H groups in total. The Labute approximate surface area is 145 Å². The van der Waals surface area contributed by atoms with Crippen LogP contribution in [0.2, 0.25) is 5.02 Å². The number of anilines is 1. The fraction of sp³-hybridized carbons (Fsp3) is 0.353. The van der Waals surface area contributed by atoms with Crippen molar-refractivity contribution in [2.24, 2.45) is 0 Å². The first-order valence-corrected chi connectivity index (χ1v) is 8.29. The van der Waals surface area contributed by atoms with E-state index in [1.807, 2.05) is 24.3 Å². The SMILES string of the molecule is O=C(NCC1CCCO1)c1ccnc(NCc2ccc(Cl)cc2)n1. The maximum Gasteiger partial charge on any atom is 0.270 e. The lowest BCUT2D eigenvalue weighted by molar-refractivity contribution is 0.0853. The van der Waals surface area contributed by atoms with E-state index in [4.69, 9.17) is 16.3 Å². The zero-order chi connectivity index (χ0) is 16.8. The van der Waals surface area contributed by atoms with Crippen LogP contribution in [0.25, 0.3) is 0 Å². The van der Waals surface area contributed by atoms with Crippen molar-refractivity contribution in [3.63, 3.8) is 0 Å². The van der Waals surface area contributed by atoms with Gasteiger partial charge in [0.05, 0.1) is 6.10 Å². The molecule has 1 unspecified atom stereocenters. The lowest BCUT2D eigenvalue weighted by atomic mass is 10.2. The first-order chi connectivity index (χ1) is 11.7. The second kappa shape index (κ2) is 8.08. The summed E-state index contributed by atoms with van der Waals surface area (Å²) in [6, 6.07) is 9.10. The van der Waals surface area contributed by atoms with Crippen LogP contribution in [0.4, 0.5) is 5.95 Å². The van der Waals surface area contributed by atoms with E-state index in [9.17, 15) is 4.79 Å². The van der Waals surface area contributed by atoms with Crippen molar-refractivity contribution < 1.29 is 9.53 Å². The molecule has 3 rings (SSSR count). The van der Waals surface area contributed by atoms with Crippen LogP contribution in [0.1, 0.15) is 28.9 Å². The molecule has 1 fully saturated rings. The molecule has 2 aromatic rings. The summed E-state index contributed by atoms with van der Waals surface area (Å²) in [6.07, 6.45) is 3.71. The van der Waals surface area contributed by atoms with Crippen LogP contribution in [-0.4, -0.2) is 35.1 Å². The fourth-order valence-electron chi connectivity index (χ4n) is 2.46. The fourth-order valence-corrected chi connectivity index (χ4v) is 2.58. The number of carbonyl (C=O) groups excluding carboxylic acids is 1. The molecule has 0 saturated carbocycles. The summed E-state index contributed by atoms with van der Waals surface area (Å²) in [4.78, 5) is 20.6. The standard InChI is InChI=1S/C17H19ClN4O2/c18-13-5-3-12(4-6-13)10-21-17-19-8-7-15(22-17)16(23)20-11-14-2-1-9-24-14/h3-8,14H,1-2,9-11H2,(H,20,23)(H,19,21,22). The minimum atomic E-state index is -0.220. The van der Waals surface area contributed by atoms with Gasteiger partial charge in [-0.05, 0) is 36.6 Å². The second-order valence-corrected chi connectivity index (χ2v) is 6.03. The van der Waals surface area contributed by atoms with Gasteiger partial charge >= 0.3 is 0 Å². The van der Waals surface area contributed by atoms with Crippen molar-refractivity contribution in [3.05, 3.63) is 52.8 Å². The monoisotopic (exact) mass is 346 g/mol. The Bertz CT molecular complexity index is 687. The molecule has 1 aliphatic rings. The molecule has 0 radical (unpaired) electrons. The van der Waals surface area contributed by atoms with Gasteiger partial charge in [-0.2, -0.15) is 0 Å². The van der Waals surface area contributed by atoms with Gasteiger partial charge in [0.2, 0.25) is 5.95 Å². The smallest absolute Gasteiger partial charge is 0.270 e. The average Bonchev–Trinajstić information content (AvgIpc) is 3.13. The number of hydrogen-bond donors (Lipinski definition) is 2. The molecule has 2 heterocycles. The number of halogens is 1. The lowest BCUT2D eigenvalue weighted by Crippen LogP contribution is -2.32. The summed E-state index contributed by atoms with van der Waals surface area (Å²) in [5, 5.41) is 6.65. The molecule has 24 heavy (non-hydrogen) atoms. The van der Waals surface area contributed by atoms with E-state index >= 15 is 0 Å². The van der Waals surface area contributed by atoms with Crippen LogP contribution in [0, 0.1) is 0 Å². The first kappa shape index (κ1) is 16.7. The Balaban J connectivity index is 1.54. The Morgan fingerprint density at radius 3 is 2.88 bits per heavy atom. The van der Waals surface area contributed by atoms with Crippen molar-refractivity contribution >= 4 is 23.5 Å². The largest absolute Gasteiger partial charge is 0.376 e. The van der Waals surface area contributed by atoms with Crippen LogP contribution in [-0.2, 0) is 11.3 Å². The van der Waals surface area contributed by atoms with E-state index in [2.05, 4.69) is 20.6 Å². The quantitative estimate of drug-likeness (QED) is 0.841. The highest BCUT2D eigenvalue weighted by Gasteiger charge is 2.17. The second-order valence-electron chi connectivity index (χ2n) is 5.59. The number of nitrogens with zero attached hydrogens (tertiary/aromatic N) is 2. The number of aromatic nitrogens is 2. The Hall–Kier alpha value is -2.18. The van der Waals surface area contributed by atoms with E-state index in [1.165, 1.54) is 0 Å². The zero-order valence-corrected chi connectivity index (χ0v) is 13.9. The Morgan fingerprint density at radius 1 is 1.29 bits per heavy atom. The van der Waals surface area contributed by atoms with Gasteiger partial charge in [0.1, 0.15) is 5.69 Å². The summed E-state index contributed by atoms with van der Waals surface area (Å²) < 4.78 is 5.49. The van der Waals surface area contributed by atoms with Gasteiger partial charge in [0.25, 0.3) is 5.91 Å². The minimum absolute atomic E-state index is 0.110. The minimum Gasteiger partial charge on any atom is -0.376 e. The van der Waals surface area contributed by atoms with Crippen LogP contribution in [0.3, 0.4) is 0 Å². The Morgan fingerprint density at radius 2 is 2.12 bits per heavy atom. The number of ether oxygens (including phenoxy) is 1. The van der Waals surface area contributed by atoms with Gasteiger partial charge < -0.3 is 15.4 Å². The molecule has 1 aromatic heterocycles. The van der Waals surface area contributed by atoms with Crippen LogP contribution in [0.5, 0.6) is 0 Å². The number of amides is 1. The van der Waals surface area contributed by atoms with E-state index in [-0.39, 0.29) is 12.0 Å². The third-order valence-electron chi connectivity index (χ3n) is 3.77. The molecule has 0 spiro atoms. The normalized spacial score (nSPS) is 16.8. The maximum atomic E-state index is 12.2. The number of carbonyl (C=O) groups is 1. The summed E-state index contributed by atoms with van der Waals surface area (Å²) in [6.45, 7) is 1.83. The molecular weight excluding hydrogens is 328 g/mol. The van der Waals surface area contributed by atoms with Crippen LogP contribution >= 0.6 is 11.6 Å². The van der Waals surface area contributed by atoms with Crippen molar-refractivity contribution in [1.82, 2.24) is 15.3 Å². The predicted octanol–water partition coefficient (Wildman–Crippen LogP) is 2.65. The molecule has 126 valence electrons. The molecule has 7 heteroatoms. The van der Waals surface area contributed by atoms with Crippen molar-refractivity contribution in [2.45, 2.75) is 25.5 Å². The van der Waals surface area contributed by atoms with Crippen LogP contribution in [0.15, 0.2) is 36.5 Å². The molecule has 1 atom stereocenters. The Kier molecular flexibility index (Phi) is 5.61. The topological polar surface area (TPSA) is 76.1 Å².